The highest BCUT2D eigenvalue weighted by Crippen LogP contribution is 2.30. The van der Waals surface area contributed by atoms with Crippen molar-refractivity contribution in [1.29, 1.82) is 0 Å². The zero-order valence-electron chi connectivity index (χ0n) is 15.9. The van der Waals surface area contributed by atoms with Gasteiger partial charge >= 0.3 is 12.1 Å². The van der Waals surface area contributed by atoms with Crippen molar-refractivity contribution < 1.29 is 19.1 Å². The molecule has 0 fully saturated rings. The number of hydrogen-bond donors (Lipinski definition) is 1. The molecular formula is C21H25NO4. The molecule has 0 saturated heterocycles. The molecule has 5 nitrogen and oxygen atoms in total. The van der Waals surface area contributed by atoms with Crippen LogP contribution in [0.25, 0.3) is 11.1 Å². The Balaban J connectivity index is 2.47. The zero-order valence-corrected chi connectivity index (χ0v) is 15.9. The minimum absolute atomic E-state index is 0.254. The lowest BCUT2D eigenvalue weighted by atomic mass is 9.97. The van der Waals surface area contributed by atoms with E-state index in [1.54, 1.807) is 39.8 Å². The Morgan fingerprint density at radius 2 is 1.73 bits per heavy atom. The number of ether oxygens (including phenoxy) is 2. The summed E-state index contributed by atoms with van der Waals surface area (Å²) >= 11 is 0. The Morgan fingerprint density at radius 1 is 1.08 bits per heavy atom. The van der Waals surface area contributed by atoms with E-state index in [1.165, 1.54) is 0 Å². The SMILES string of the molecule is CCOC(=O)c1cc(C)c(-c2ccccc2)cc1NC(=O)OC(C)(C)C. The van der Waals surface area contributed by atoms with E-state index in [4.69, 9.17) is 9.47 Å². The monoisotopic (exact) mass is 355 g/mol. The van der Waals surface area contributed by atoms with Crippen LogP contribution in [0.15, 0.2) is 42.5 Å². The van der Waals surface area contributed by atoms with Gasteiger partial charge in [0, 0.05) is 0 Å². The van der Waals surface area contributed by atoms with Gasteiger partial charge in [0.05, 0.1) is 17.9 Å². The molecule has 0 unspecified atom stereocenters. The summed E-state index contributed by atoms with van der Waals surface area (Å²) in [6.07, 6.45) is -0.620. The quantitative estimate of drug-likeness (QED) is 0.767. The summed E-state index contributed by atoms with van der Waals surface area (Å²) in [6, 6.07) is 13.3. The van der Waals surface area contributed by atoms with Crippen molar-refractivity contribution in [1.82, 2.24) is 0 Å². The molecule has 0 radical (unpaired) electrons. The first kappa shape index (κ1) is 19.5. The van der Waals surface area contributed by atoms with Gasteiger partial charge in [-0.3, -0.25) is 5.32 Å². The van der Waals surface area contributed by atoms with Crippen molar-refractivity contribution >= 4 is 17.7 Å². The summed E-state index contributed by atoms with van der Waals surface area (Å²) in [6.45, 7) is 9.26. The fourth-order valence-corrected chi connectivity index (χ4v) is 2.53. The van der Waals surface area contributed by atoms with Gasteiger partial charge in [-0.2, -0.15) is 0 Å². The van der Waals surface area contributed by atoms with Crippen LogP contribution in [0.3, 0.4) is 0 Å². The standard InChI is InChI=1S/C21H25NO4/c1-6-25-19(23)17-12-14(2)16(15-10-8-7-9-11-15)13-18(17)22-20(24)26-21(3,4)5/h7-13H,6H2,1-5H3,(H,22,24). The number of nitrogens with one attached hydrogen (secondary N) is 1. The highest BCUT2D eigenvalue weighted by molar-refractivity contribution is 6.01. The molecule has 2 aromatic rings. The van der Waals surface area contributed by atoms with Gasteiger partial charge in [-0.05, 0) is 63.4 Å². The van der Waals surface area contributed by atoms with E-state index < -0.39 is 17.7 Å². The second kappa shape index (κ2) is 8.04. The summed E-state index contributed by atoms with van der Waals surface area (Å²) in [5.41, 5.74) is 2.85. The van der Waals surface area contributed by atoms with Crippen LogP contribution < -0.4 is 5.32 Å². The molecule has 138 valence electrons. The van der Waals surface area contributed by atoms with Gasteiger partial charge in [-0.1, -0.05) is 30.3 Å². The Hall–Kier alpha value is -2.82. The summed E-state index contributed by atoms with van der Waals surface area (Å²) in [4.78, 5) is 24.5. The maximum atomic E-state index is 12.3. The van der Waals surface area contributed by atoms with E-state index in [2.05, 4.69) is 5.32 Å². The van der Waals surface area contributed by atoms with E-state index >= 15 is 0 Å². The highest BCUT2D eigenvalue weighted by Gasteiger charge is 2.21. The molecule has 0 aliphatic rings. The van der Waals surface area contributed by atoms with Crippen molar-refractivity contribution in [3.05, 3.63) is 53.6 Å². The Labute approximate surface area is 154 Å². The van der Waals surface area contributed by atoms with Crippen LogP contribution in [-0.4, -0.2) is 24.3 Å². The molecule has 26 heavy (non-hydrogen) atoms. The normalized spacial score (nSPS) is 11.0. The third kappa shape index (κ3) is 5.09. The zero-order chi connectivity index (χ0) is 19.3. The number of rotatable bonds is 4. The largest absolute Gasteiger partial charge is 0.462 e. The first-order valence-corrected chi connectivity index (χ1v) is 8.58. The van der Waals surface area contributed by atoms with Crippen molar-refractivity contribution in [3.63, 3.8) is 0 Å². The third-order valence-corrected chi connectivity index (χ3v) is 3.58. The van der Waals surface area contributed by atoms with Crippen molar-refractivity contribution in [2.75, 3.05) is 11.9 Å². The average molecular weight is 355 g/mol. The Morgan fingerprint density at radius 3 is 2.31 bits per heavy atom. The van der Waals surface area contributed by atoms with E-state index in [1.807, 2.05) is 37.3 Å². The molecule has 0 aliphatic heterocycles. The number of amides is 1. The van der Waals surface area contributed by atoms with Crippen LogP contribution in [0.1, 0.15) is 43.6 Å². The number of carbonyl (C=O) groups is 2. The Kier molecular flexibility index (Phi) is 6.03. The fraction of sp³-hybridized carbons (Fsp3) is 0.333. The molecule has 1 N–H and O–H groups in total. The molecule has 0 saturated carbocycles. The topological polar surface area (TPSA) is 64.6 Å². The van der Waals surface area contributed by atoms with Crippen LogP contribution in [0.4, 0.5) is 10.5 Å². The molecule has 1 amide bonds. The van der Waals surface area contributed by atoms with Gasteiger partial charge in [0.25, 0.3) is 0 Å². The number of anilines is 1. The van der Waals surface area contributed by atoms with Gasteiger partial charge in [-0.25, -0.2) is 9.59 Å². The summed E-state index contributed by atoms with van der Waals surface area (Å²) in [5.74, 6) is -0.485. The predicted molar refractivity (Wildman–Crippen MR) is 102 cm³/mol. The van der Waals surface area contributed by atoms with E-state index in [9.17, 15) is 9.59 Å². The molecule has 0 bridgehead atoms. The molecule has 2 aromatic carbocycles. The minimum atomic E-state index is -0.638. The molecule has 0 heterocycles. The van der Waals surface area contributed by atoms with Gasteiger partial charge in [0.1, 0.15) is 5.60 Å². The second-order valence-electron chi connectivity index (χ2n) is 6.93. The van der Waals surface area contributed by atoms with Crippen LogP contribution in [0.5, 0.6) is 0 Å². The van der Waals surface area contributed by atoms with Crippen LogP contribution in [0, 0.1) is 6.92 Å². The van der Waals surface area contributed by atoms with Gasteiger partial charge in [0.15, 0.2) is 0 Å². The smallest absolute Gasteiger partial charge is 0.412 e. The maximum Gasteiger partial charge on any atom is 0.412 e. The van der Waals surface area contributed by atoms with E-state index in [0.717, 1.165) is 16.7 Å². The summed E-state index contributed by atoms with van der Waals surface area (Å²) in [7, 11) is 0. The lowest BCUT2D eigenvalue weighted by Crippen LogP contribution is -2.28. The first-order valence-electron chi connectivity index (χ1n) is 8.58. The minimum Gasteiger partial charge on any atom is -0.462 e. The molecule has 0 spiro atoms. The first-order chi connectivity index (χ1) is 12.2. The molecule has 0 atom stereocenters. The molecule has 2 rings (SSSR count). The highest BCUT2D eigenvalue weighted by atomic mass is 16.6. The number of benzene rings is 2. The molecule has 0 aliphatic carbocycles. The maximum absolute atomic E-state index is 12.3. The van der Waals surface area contributed by atoms with Crippen molar-refractivity contribution in [3.8, 4) is 11.1 Å². The van der Waals surface area contributed by atoms with Gasteiger partial charge in [0.2, 0.25) is 0 Å². The summed E-state index contributed by atoms with van der Waals surface area (Å²) < 4.78 is 10.4. The molecular weight excluding hydrogens is 330 g/mol. The van der Waals surface area contributed by atoms with Crippen molar-refractivity contribution in [2.45, 2.75) is 40.2 Å². The van der Waals surface area contributed by atoms with Gasteiger partial charge in [-0.15, -0.1) is 0 Å². The van der Waals surface area contributed by atoms with Crippen molar-refractivity contribution in [2.24, 2.45) is 0 Å². The number of aryl methyl sites for hydroxylation is 1. The predicted octanol–water partition coefficient (Wildman–Crippen LogP) is 5.19. The van der Waals surface area contributed by atoms with E-state index in [-0.39, 0.29) is 6.61 Å². The average Bonchev–Trinajstić information content (AvgIpc) is 2.55. The Bertz CT molecular complexity index is 792. The number of carbonyl (C=O) groups excluding carboxylic acids is 2. The third-order valence-electron chi connectivity index (χ3n) is 3.58. The number of hydrogen-bond acceptors (Lipinski definition) is 4. The molecule has 5 heteroatoms. The number of esters is 1. The van der Waals surface area contributed by atoms with Crippen LogP contribution in [-0.2, 0) is 9.47 Å². The van der Waals surface area contributed by atoms with Crippen LogP contribution in [0.2, 0.25) is 0 Å². The van der Waals surface area contributed by atoms with Crippen LogP contribution >= 0.6 is 0 Å². The fourth-order valence-electron chi connectivity index (χ4n) is 2.53. The lowest BCUT2D eigenvalue weighted by Gasteiger charge is -2.21. The second-order valence-corrected chi connectivity index (χ2v) is 6.93. The van der Waals surface area contributed by atoms with Gasteiger partial charge < -0.3 is 9.47 Å². The lowest BCUT2D eigenvalue weighted by molar-refractivity contribution is 0.0527. The summed E-state index contributed by atoms with van der Waals surface area (Å²) in [5, 5.41) is 2.68. The molecule has 0 aromatic heterocycles. The van der Waals surface area contributed by atoms with E-state index in [0.29, 0.717) is 11.3 Å².